The lowest BCUT2D eigenvalue weighted by Gasteiger charge is -2.18. The van der Waals surface area contributed by atoms with Crippen LogP contribution in [-0.2, 0) is 15.3 Å². The Morgan fingerprint density at radius 3 is 2.68 bits per heavy atom. The molecule has 0 radical (unpaired) electrons. The first-order valence-corrected chi connectivity index (χ1v) is 9.27. The van der Waals surface area contributed by atoms with Crippen LogP contribution in [0.2, 0.25) is 5.02 Å². The molecule has 0 atom stereocenters. The first-order valence-electron chi connectivity index (χ1n) is 7.41. The summed E-state index contributed by atoms with van der Waals surface area (Å²) in [6.07, 6.45) is 4.27. The second-order valence-corrected chi connectivity index (χ2v) is 8.65. The summed E-state index contributed by atoms with van der Waals surface area (Å²) < 4.78 is 29.5. The van der Waals surface area contributed by atoms with Gasteiger partial charge < -0.3 is 4.98 Å². The molecule has 3 aromatic rings. The fourth-order valence-electron chi connectivity index (χ4n) is 2.40. The first kappa shape index (κ1) is 17.5. The fraction of sp³-hybridized carbons (Fsp3) is 0.0769. The van der Waals surface area contributed by atoms with E-state index in [1.54, 1.807) is 16.8 Å². The molecule has 0 aliphatic heterocycles. The number of nitriles is 1. The van der Waals surface area contributed by atoms with Gasteiger partial charge in [0, 0.05) is 17.8 Å². The Morgan fingerprint density at radius 1 is 1.36 bits per heavy atom. The van der Waals surface area contributed by atoms with Gasteiger partial charge in [-0.3, -0.25) is 9.40 Å². The number of anilines is 1. The average molecular weight is 371 g/mol. The van der Waals surface area contributed by atoms with E-state index in [-0.39, 0.29) is 10.1 Å². The SMILES string of the molecule is BC(B)(B)n1cc(S(=O)(=O)Nc2ccc(Cl)c3c(C#N)c[nH]c23)cn1. The number of fused-ring (bicyclic) bond motifs is 1. The van der Waals surface area contributed by atoms with Crippen molar-refractivity contribution in [3.05, 3.63) is 41.3 Å². The summed E-state index contributed by atoms with van der Waals surface area (Å²) in [6, 6.07) is 5.13. The van der Waals surface area contributed by atoms with Gasteiger partial charge in [0.15, 0.2) is 0 Å². The molecular formula is C13H13B3ClN5O2S. The van der Waals surface area contributed by atoms with Gasteiger partial charge >= 0.3 is 0 Å². The van der Waals surface area contributed by atoms with Crippen LogP contribution in [0.15, 0.2) is 35.6 Å². The van der Waals surface area contributed by atoms with Crippen molar-refractivity contribution < 1.29 is 8.42 Å². The van der Waals surface area contributed by atoms with E-state index in [1.807, 2.05) is 29.6 Å². The maximum Gasteiger partial charge on any atom is 0.265 e. The van der Waals surface area contributed by atoms with Crippen molar-refractivity contribution in [3.63, 3.8) is 0 Å². The van der Waals surface area contributed by atoms with Gasteiger partial charge in [0.1, 0.15) is 34.5 Å². The number of sulfonamides is 1. The minimum atomic E-state index is -3.83. The zero-order chi connectivity index (χ0) is 18.4. The number of nitrogens with zero attached hydrogens (tertiary/aromatic N) is 3. The fourth-order valence-corrected chi connectivity index (χ4v) is 3.66. The predicted octanol–water partition coefficient (Wildman–Crippen LogP) is -0.843. The summed E-state index contributed by atoms with van der Waals surface area (Å²) in [5.41, 5.74) is 1.11. The van der Waals surface area contributed by atoms with E-state index < -0.39 is 10.0 Å². The number of halogens is 1. The lowest BCUT2D eigenvalue weighted by atomic mass is 9.49. The van der Waals surface area contributed by atoms with Crippen molar-refractivity contribution in [1.29, 1.82) is 5.26 Å². The van der Waals surface area contributed by atoms with E-state index in [9.17, 15) is 8.42 Å². The number of rotatable bonds is 4. The first-order chi connectivity index (χ1) is 11.6. The molecule has 0 fully saturated rings. The third-order valence-corrected chi connectivity index (χ3v) is 5.34. The second-order valence-electron chi connectivity index (χ2n) is 6.56. The third kappa shape index (κ3) is 3.15. The Labute approximate surface area is 152 Å². The molecule has 2 heterocycles. The monoisotopic (exact) mass is 371 g/mol. The van der Waals surface area contributed by atoms with Crippen molar-refractivity contribution >= 4 is 61.8 Å². The number of nitrogens with one attached hydrogen (secondary N) is 2. The van der Waals surface area contributed by atoms with E-state index in [4.69, 9.17) is 16.9 Å². The number of aromatic nitrogens is 3. The van der Waals surface area contributed by atoms with Gasteiger partial charge in [0.2, 0.25) is 0 Å². The standard InChI is InChI=1S/C13H13B3ClN5O2S/c14-13(15,16)22-6-8(5-20-22)25(23,24)21-10-2-1-9(17)11-7(3-18)4-19-12(10)11/h1-2,4-6,19,21H,14-16H2. The molecule has 2 aromatic heterocycles. The highest BCUT2D eigenvalue weighted by Gasteiger charge is 2.22. The summed E-state index contributed by atoms with van der Waals surface area (Å²) in [4.78, 5) is 2.95. The van der Waals surface area contributed by atoms with E-state index in [2.05, 4.69) is 14.8 Å². The highest BCUT2D eigenvalue weighted by molar-refractivity contribution is 7.92. The summed E-state index contributed by atoms with van der Waals surface area (Å²) in [6.45, 7) is 0. The summed E-state index contributed by atoms with van der Waals surface area (Å²) in [5, 5.41) is 13.8. The van der Waals surface area contributed by atoms with Crippen LogP contribution < -0.4 is 4.72 Å². The minimum absolute atomic E-state index is 0.0533. The van der Waals surface area contributed by atoms with Gasteiger partial charge in [-0.1, -0.05) is 11.6 Å². The van der Waals surface area contributed by atoms with Gasteiger partial charge in [-0.25, -0.2) is 8.42 Å². The Bertz CT molecular complexity index is 1110. The number of hydrogen-bond acceptors (Lipinski definition) is 4. The van der Waals surface area contributed by atoms with Crippen LogP contribution >= 0.6 is 11.6 Å². The van der Waals surface area contributed by atoms with Gasteiger partial charge in [-0.05, 0) is 17.4 Å². The van der Waals surface area contributed by atoms with Crippen LogP contribution in [0.1, 0.15) is 5.56 Å². The maximum atomic E-state index is 12.7. The van der Waals surface area contributed by atoms with Crippen molar-refractivity contribution in [2.75, 3.05) is 4.72 Å². The van der Waals surface area contributed by atoms with Gasteiger partial charge in [-0.15, -0.1) is 0 Å². The summed E-state index contributed by atoms with van der Waals surface area (Å²) in [7, 11) is 1.94. The zero-order valence-corrected chi connectivity index (χ0v) is 15.4. The van der Waals surface area contributed by atoms with Crippen molar-refractivity contribution in [2.24, 2.45) is 0 Å². The van der Waals surface area contributed by atoms with Gasteiger partial charge in [-0.2, -0.15) is 10.4 Å². The number of H-pyrrole nitrogens is 1. The van der Waals surface area contributed by atoms with Crippen LogP contribution in [-0.4, -0.2) is 46.7 Å². The molecule has 7 nitrogen and oxygen atoms in total. The Kier molecular flexibility index (Phi) is 4.13. The Morgan fingerprint density at radius 2 is 2.08 bits per heavy atom. The largest absolute Gasteiger partial charge is 0.358 e. The molecule has 2 N–H and O–H groups in total. The quantitative estimate of drug-likeness (QED) is 0.584. The molecule has 124 valence electrons. The van der Waals surface area contributed by atoms with Crippen LogP contribution in [0.25, 0.3) is 10.9 Å². The van der Waals surface area contributed by atoms with E-state index in [1.165, 1.54) is 18.6 Å². The van der Waals surface area contributed by atoms with Crippen LogP contribution in [0.4, 0.5) is 5.69 Å². The Balaban J connectivity index is 2.04. The normalized spacial score (nSPS) is 12.2. The van der Waals surface area contributed by atoms with Gasteiger partial charge in [0.05, 0.1) is 28.0 Å². The van der Waals surface area contributed by atoms with E-state index in [0.29, 0.717) is 27.2 Å². The predicted molar refractivity (Wildman–Crippen MR) is 105 cm³/mol. The molecule has 0 saturated heterocycles. The minimum Gasteiger partial charge on any atom is -0.358 e. The molecule has 0 aliphatic carbocycles. The molecule has 0 aliphatic rings. The third-order valence-electron chi connectivity index (χ3n) is 3.71. The highest BCUT2D eigenvalue weighted by Crippen LogP contribution is 2.32. The lowest BCUT2D eigenvalue weighted by molar-refractivity contribution is 0.600. The van der Waals surface area contributed by atoms with E-state index >= 15 is 0 Å². The number of benzene rings is 1. The van der Waals surface area contributed by atoms with Crippen molar-refractivity contribution in [2.45, 2.75) is 10.1 Å². The molecule has 12 heteroatoms. The van der Waals surface area contributed by atoms with Crippen LogP contribution in [0.5, 0.6) is 0 Å². The second kappa shape index (κ2) is 5.90. The molecule has 1 aromatic carbocycles. The maximum absolute atomic E-state index is 12.7. The van der Waals surface area contributed by atoms with Crippen molar-refractivity contribution in [3.8, 4) is 6.07 Å². The number of aromatic amines is 1. The summed E-state index contributed by atoms with van der Waals surface area (Å²) >= 11 is 6.13. The average Bonchev–Trinajstić information content (AvgIpc) is 3.16. The smallest absolute Gasteiger partial charge is 0.265 e. The molecule has 0 saturated carbocycles. The highest BCUT2D eigenvalue weighted by atomic mass is 35.5. The van der Waals surface area contributed by atoms with Crippen molar-refractivity contribution in [1.82, 2.24) is 14.8 Å². The van der Waals surface area contributed by atoms with Crippen LogP contribution in [0.3, 0.4) is 0 Å². The van der Waals surface area contributed by atoms with E-state index in [0.717, 1.165) is 0 Å². The molecule has 0 unspecified atom stereocenters. The number of hydrogen-bond donors (Lipinski definition) is 2. The molecule has 25 heavy (non-hydrogen) atoms. The van der Waals surface area contributed by atoms with Gasteiger partial charge in [0.25, 0.3) is 10.0 Å². The molecular weight excluding hydrogens is 358 g/mol. The molecule has 0 spiro atoms. The lowest BCUT2D eigenvalue weighted by Crippen LogP contribution is -2.35. The van der Waals surface area contributed by atoms with Crippen LogP contribution in [0, 0.1) is 11.3 Å². The zero-order valence-electron chi connectivity index (χ0n) is 13.8. The topological polar surface area (TPSA) is 104 Å². The molecule has 0 amide bonds. The Hall–Kier alpha value is -2.31. The molecule has 3 rings (SSSR count). The molecule has 0 bridgehead atoms. The summed E-state index contributed by atoms with van der Waals surface area (Å²) in [5.74, 6) is 0.